The third-order valence-electron chi connectivity index (χ3n) is 4.57. The zero-order valence-electron chi connectivity index (χ0n) is 17.1. The van der Waals surface area contributed by atoms with Crippen molar-refractivity contribution in [2.75, 3.05) is 12.3 Å². The van der Waals surface area contributed by atoms with E-state index in [0.29, 0.717) is 30.3 Å². The molecule has 0 heterocycles. The zero-order chi connectivity index (χ0) is 21.1. The Bertz CT molecular complexity index is 785. The second-order valence-corrected chi connectivity index (χ2v) is 8.20. The minimum atomic E-state index is -0.511. The first-order chi connectivity index (χ1) is 14.1. The van der Waals surface area contributed by atoms with Crippen LogP contribution in [0.1, 0.15) is 37.8 Å². The first kappa shape index (κ1) is 23.3. The Balaban J connectivity index is 2.12. The molecule has 2 aromatic rings. The van der Waals surface area contributed by atoms with Crippen LogP contribution in [0.4, 0.5) is 0 Å². The second-order valence-electron chi connectivity index (χ2n) is 6.81. The predicted octanol–water partition coefficient (Wildman–Crippen LogP) is 4.91. The number of rotatable bonds is 11. The van der Waals surface area contributed by atoms with Gasteiger partial charge in [-0.05, 0) is 30.0 Å². The number of thioether (sulfide) groups is 1. The van der Waals surface area contributed by atoms with Gasteiger partial charge in [0, 0.05) is 23.9 Å². The van der Waals surface area contributed by atoms with Crippen molar-refractivity contribution in [3.8, 4) is 0 Å². The van der Waals surface area contributed by atoms with Crippen molar-refractivity contribution in [1.29, 1.82) is 0 Å². The molecule has 1 unspecified atom stereocenters. The van der Waals surface area contributed by atoms with Crippen molar-refractivity contribution in [3.05, 3.63) is 70.7 Å². The Labute approximate surface area is 183 Å². The lowest BCUT2D eigenvalue weighted by atomic mass is 10.1. The normalized spacial score (nSPS) is 11.7. The molecule has 2 amide bonds. The molecule has 0 aromatic heterocycles. The van der Waals surface area contributed by atoms with Crippen LogP contribution in [0.15, 0.2) is 54.6 Å². The largest absolute Gasteiger partial charge is 0.354 e. The molecule has 4 nitrogen and oxygen atoms in total. The summed E-state index contributed by atoms with van der Waals surface area (Å²) in [4.78, 5) is 27.5. The van der Waals surface area contributed by atoms with E-state index < -0.39 is 6.04 Å². The summed E-state index contributed by atoms with van der Waals surface area (Å²) < 4.78 is 0. The van der Waals surface area contributed by atoms with Crippen LogP contribution < -0.4 is 5.32 Å². The molecule has 29 heavy (non-hydrogen) atoms. The van der Waals surface area contributed by atoms with Crippen LogP contribution in [0.2, 0.25) is 5.02 Å². The molecule has 0 saturated carbocycles. The van der Waals surface area contributed by atoms with E-state index in [1.807, 2.05) is 68.4 Å². The van der Waals surface area contributed by atoms with Crippen molar-refractivity contribution < 1.29 is 9.59 Å². The lowest BCUT2D eigenvalue weighted by molar-refractivity contribution is -0.139. The molecule has 0 aliphatic rings. The van der Waals surface area contributed by atoms with Crippen molar-refractivity contribution in [2.45, 2.75) is 45.0 Å². The average Bonchev–Trinajstić information content (AvgIpc) is 2.74. The van der Waals surface area contributed by atoms with Crippen molar-refractivity contribution >= 4 is 35.2 Å². The predicted molar refractivity (Wildman–Crippen MR) is 122 cm³/mol. The minimum absolute atomic E-state index is 0.0515. The number of carbonyl (C=O) groups excluding carboxylic acids is 2. The van der Waals surface area contributed by atoms with Crippen LogP contribution in [0, 0.1) is 0 Å². The van der Waals surface area contributed by atoms with E-state index in [1.165, 1.54) is 5.56 Å². The third-order valence-corrected chi connectivity index (χ3v) is 5.93. The first-order valence-corrected chi connectivity index (χ1v) is 11.5. The van der Waals surface area contributed by atoms with Gasteiger partial charge in [-0.3, -0.25) is 9.59 Å². The maximum atomic E-state index is 13.1. The summed E-state index contributed by atoms with van der Waals surface area (Å²) in [5.41, 5.74) is 2.02. The van der Waals surface area contributed by atoms with Crippen molar-refractivity contribution in [1.82, 2.24) is 10.2 Å². The van der Waals surface area contributed by atoms with Crippen molar-refractivity contribution in [3.63, 3.8) is 0 Å². The van der Waals surface area contributed by atoms with Gasteiger partial charge in [-0.1, -0.05) is 74.0 Å². The standard InChI is InChI=1S/C23H29ClN2O2S/c1-3-14-25-23(28)21(4-2)26(15-19-12-8-9-13-20(19)24)22(27)17-29-16-18-10-6-5-7-11-18/h5-13,21H,3-4,14-17H2,1-2H3,(H,25,28). The van der Waals surface area contributed by atoms with E-state index in [0.717, 1.165) is 17.7 Å². The van der Waals surface area contributed by atoms with Gasteiger partial charge in [0.1, 0.15) is 6.04 Å². The third kappa shape index (κ3) is 7.41. The molecule has 0 aliphatic carbocycles. The number of halogens is 1. The molecule has 0 bridgehead atoms. The van der Waals surface area contributed by atoms with E-state index in [-0.39, 0.29) is 11.8 Å². The first-order valence-electron chi connectivity index (χ1n) is 9.99. The average molecular weight is 433 g/mol. The molecule has 0 saturated heterocycles. The van der Waals surface area contributed by atoms with E-state index in [1.54, 1.807) is 16.7 Å². The lowest BCUT2D eigenvalue weighted by Gasteiger charge is -2.31. The lowest BCUT2D eigenvalue weighted by Crippen LogP contribution is -2.49. The molecule has 2 aromatic carbocycles. The van der Waals surface area contributed by atoms with Gasteiger partial charge in [-0.2, -0.15) is 0 Å². The van der Waals surface area contributed by atoms with E-state index in [4.69, 9.17) is 11.6 Å². The minimum Gasteiger partial charge on any atom is -0.354 e. The molecule has 0 spiro atoms. The summed E-state index contributed by atoms with van der Waals surface area (Å²) in [5, 5.41) is 3.53. The van der Waals surface area contributed by atoms with Gasteiger partial charge in [-0.15, -0.1) is 11.8 Å². The summed E-state index contributed by atoms with van der Waals surface area (Å²) in [5.74, 6) is 0.912. The van der Waals surface area contributed by atoms with E-state index in [9.17, 15) is 9.59 Å². The summed E-state index contributed by atoms with van der Waals surface area (Å²) in [6.45, 7) is 4.86. The van der Waals surface area contributed by atoms with Gasteiger partial charge < -0.3 is 10.2 Å². The molecule has 0 aliphatic heterocycles. The summed E-state index contributed by atoms with van der Waals surface area (Å²) in [6.07, 6.45) is 1.41. The van der Waals surface area contributed by atoms with Crippen LogP contribution in [-0.2, 0) is 21.9 Å². The molecule has 0 radical (unpaired) electrons. The summed E-state index contributed by atoms with van der Waals surface area (Å²) in [6, 6.07) is 17.0. The molecule has 0 fully saturated rings. The maximum Gasteiger partial charge on any atom is 0.242 e. The molecule has 6 heteroatoms. The molecule has 2 rings (SSSR count). The Kier molecular flexibility index (Phi) is 10.1. The highest BCUT2D eigenvalue weighted by Gasteiger charge is 2.28. The quantitative estimate of drug-likeness (QED) is 0.549. The number of hydrogen-bond donors (Lipinski definition) is 1. The number of hydrogen-bond acceptors (Lipinski definition) is 3. The molecule has 1 atom stereocenters. The molecular weight excluding hydrogens is 404 g/mol. The SMILES string of the molecule is CCCNC(=O)C(CC)N(Cc1ccccc1Cl)C(=O)CSCc1ccccc1. The fourth-order valence-corrected chi connectivity index (χ4v) is 4.08. The van der Waals surface area contributed by atoms with Crippen LogP contribution in [0.5, 0.6) is 0 Å². The van der Waals surface area contributed by atoms with E-state index in [2.05, 4.69) is 5.32 Å². The van der Waals surface area contributed by atoms with Crippen LogP contribution in [-0.4, -0.2) is 35.1 Å². The highest BCUT2D eigenvalue weighted by Crippen LogP contribution is 2.21. The zero-order valence-corrected chi connectivity index (χ0v) is 18.6. The Morgan fingerprint density at radius 3 is 2.41 bits per heavy atom. The fourth-order valence-electron chi connectivity index (χ4n) is 3.01. The van der Waals surface area contributed by atoms with Crippen LogP contribution >= 0.6 is 23.4 Å². The monoisotopic (exact) mass is 432 g/mol. The van der Waals surface area contributed by atoms with Crippen LogP contribution in [0.3, 0.4) is 0 Å². The van der Waals surface area contributed by atoms with Gasteiger partial charge in [0.25, 0.3) is 0 Å². The number of nitrogens with one attached hydrogen (secondary N) is 1. The summed E-state index contributed by atoms with van der Waals surface area (Å²) >= 11 is 7.88. The highest BCUT2D eigenvalue weighted by molar-refractivity contribution is 7.99. The molecule has 156 valence electrons. The van der Waals surface area contributed by atoms with Gasteiger partial charge in [0.15, 0.2) is 0 Å². The maximum absolute atomic E-state index is 13.1. The Morgan fingerprint density at radius 1 is 1.07 bits per heavy atom. The van der Waals surface area contributed by atoms with Gasteiger partial charge in [0.2, 0.25) is 11.8 Å². The fraction of sp³-hybridized carbons (Fsp3) is 0.391. The smallest absolute Gasteiger partial charge is 0.242 e. The highest BCUT2D eigenvalue weighted by atomic mass is 35.5. The summed E-state index contributed by atoms with van der Waals surface area (Å²) in [7, 11) is 0. The Hall–Kier alpha value is -1.98. The molecular formula is C23H29ClN2O2S. The van der Waals surface area contributed by atoms with Gasteiger partial charge in [-0.25, -0.2) is 0 Å². The second kappa shape index (κ2) is 12.6. The number of amides is 2. The Morgan fingerprint density at radius 2 is 1.76 bits per heavy atom. The van der Waals surface area contributed by atoms with E-state index >= 15 is 0 Å². The number of benzene rings is 2. The van der Waals surface area contributed by atoms with Gasteiger partial charge >= 0.3 is 0 Å². The van der Waals surface area contributed by atoms with Crippen molar-refractivity contribution in [2.24, 2.45) is 0 Å². The number of nitrogens with zero attached hydrogens (tertiary/aromatic N) is 1. The van der Waals surface area contributed by atoms with Crippen LogP contribution in [0.25, 0.3) is 0 Å². The number of carbonyl (C=O) groups is 2. The van der Waals surface area contributed by atoms with Gasteiger partial charge in [0.05, 0.1) is 5.75 Å². The topological polar surface area (TPSA) is 49.4 Å². The molecule has 1 N–H and O–H groups in total.